The molecular weight excluding hydrogens is 266 g/mol. The molecule has 0 bridgehead atoms. The lowest BCUT2D eigenvalue weighted by Gasteiger charge is -2.13. The fourth-order valence-electron chi connectivity index (χ4n) is 1.70. The lowest BCUT2D eigenvalue weighted by Crippen LogP contribution is -2.30. The Morgan fingerprint density at radius 3 is 2.52 bits per heavy atom. The van der Waals surface area contributed by atoms with Gasteiger partial charge in [-0.1, -0.05) is 13.8 Å². The lowest BCUT2D eigenvalue weighted by molar-refractivity contribution is -0.119. The monoisotopic (exact) mass is 293 g/mol. The number of carbonyl (C=O) groups is 1. The van der Waals surface area contributed by atoms with E-state index in [0.29, 0.717) is 13.2 Å². The van der Waals surface area contributed by atoms with Gasteiger partial charge < -0.3 is 20.3 Å². The zero-order valence-corrected chi connectivity index (χ0v) is 13.5. The van der Waals surface area contributed by atoms with E-state index >= 15 is 0 Å². The SMILES string of the molecule is CCNCC(C)C(=O)Nc1ccc(OCCN(C)C)cc1. The smallest absolute Gasteiger partial charge is 0.228 e. The minimum atomic E-state index is -0.0547. The summed E-state index contributed by atoms with van der Waals surface area (Å²) >= 11 is 0. The van der Waals surface area contributed by atoms with Gasteiger partial charge >= 0.3 is 0 Å². The number of hydrogen-bond donors (Lipinski definition) is 2. The van der Waals surface area contributed by atoms with Gasteiger partial charge in [-0.3, -0.25) is 4.79 Å². The van der Waals surface area contributed by atoms with E-state index < -0.39 is 0 Å². The maximum Gasteiger partial charge on any atom is 0.228 e. The molecule has 2 N–H and O–H groups in total. The summed E-state index contributed by atoms with van der Waals surface area (Å²) in [6, 6.07) is 7.48. The second-order valence-electron chi connectivity index (χ2n) is 5.37. The first-order chi connectivity index (χ1) is 10.0. The number of rotatable bonds is 9. The summed E-state index contributed by atoms with van der Waals surface area (Å²) in [7, 11) is 4.02. The molecule has 0 aliphatic carbocycles. The van der Waals surface area contributed by atoms with E-state index in [1.54, 1.807) is 0 Å². The molecule has 1 unspecified atom stereocenters. The minimum absolute atomic E-state index is 0.0252. The van der Waals surface area contributed by atoms with Crippen LogP contribution >= 0.6 is 0 Å². The van der Waals surface area contributed by atoms with Crippen molar-refractivity contribution >= 4 is 11.6 Å². The molecule has 1 atom stereocenters. The van der Waals surface area contributed by atoms with Crippen molar-refractivity contribution in [2.45, 2.75) is 13.8 Å². The number of benzene rings is 1. The van der Waals surface area contributed by atoms with Crippen LogP contribution in [0.1, 0.15) is 13.8 Å². The first kappa shape index (κ1) is 17.5. The van der Waals surface area contributed by atoms with E-state index in [-0.39, 0.29) is 11.8 Å². The minimum Gasteiger partial charge on any atom is -0.492 e. The Bertz CT molecular complexity index is 418. The Morgan fingerprint density at radius 1 is 1.29 bits per heavy atom. The fourth-order valence-corrected chi connectivity index (χ4v) is 1.70. The summed E-state index contributed by atoms with van der Waals surface area (Å²) in [5.74, 6) is 0.786. The van der Waals surface area contributed by atoms with Crippen LogP contribution in [0.3, 0.4) is 0 Å². The standard InChI is InChI=1S/C16H27N3O2/c1-5-17-12-13(2)16(20)18-14-6-8-15(9-7-14)21-11-10-19(3)4/h6-9,13,17H,5,10-12H2,1-4H3,(H,18,20). The molecule has 0 aliphatic heterocycles. The Balaban J connectivity index is 2.41. The van der Waals surface area contributed by atoms with Gasteiger partial charge in [0.05, 0.1) is 0 Å². The molecule has 0 aromatic heterocycles. The predicted molar refractivity (Wildman–Crippen MR) is 86.8 cm³/mol. The van der Waals surface area contributed by atoms with Crippen molar-refractivity contribution in [1.29, 1.82) is 0 Å². The quantitative estimate of drug-likeness (QED) is 0.729. The first-order valence-electron chi connectivity index (χ1n) is 7.42. The Morgan fingerprint density at radius 2 is 1.95 bits per heavy atom. The van der Waals surface area contributed by atoms with Gasteiger partial charge in [0.2, 0.25) is 5.91 Å². The van der Waals surface area contributed by atoms with E-state index in [9.17, 15) is 4.79 Å². The number of ether oxygens (including phenoxy) is 1. The summed E-state index contributed by atoms with van der Waals surface area (Å²) in [6.45, 7) is 7.03. The number of carbonyl (C=O) groups excluding carboxylic acids is 1. The second kappa shape index (κ2) is 9.37. The number of likely N-dealkylation sites (N-methyl/N-ethyl adjacent to an activating group) is 1. The molecule has 21 heavy (non-hydrogen) atoms. The summed E-state index contributed by atoms with van der Waals surface area (Å²) in [5.41, 5.74) is 0.795. The summed E-state index contributed by atoms with van der Waals surface area (Å²) in [4.78, 5) is 14.0. The third kappa shape index (κ3) is 7.11. The Labute approximate surface area is 127 Å². The molecule has 1 aromatic carbocycles. The van der Waals surface area contributed by atoms with Crippen molar-refractivity contribution in [3.63, 3.8) is 0 Å². The second-order valence-corrected chi connectivity index (χ2v) is 5.37. The molecule has 0 radical (unpaired) electrons. The average molecular weight is 293 g/mol. The van der Waals surface area contributed by atoms with Crippen LogP contribution in [0.15, 0.2) is 24.3 Å². The van der Waals surface area contributed by atoms with Gasteiger partial charge in [0, 0.05) is 24.7 Å². The van der Waals surface area contributed by atoms with Crippen molar-refractivity contribution in [1.82, 2.24) is 10.2 Å². The largest absolute Gasteiger partial charge is 0.492 e. The highest BCUT2D eigenvalue weighted by atomic mass is 16.5. The first-order valence-corrected chi connectivity index (χ1v) is 7.42. The van der Waals surface area contributed by atoms with Crippen LogP contribution in [-0.2, 0) is 4.79 Å². The summed E-state index contributed by atoms with van der Waals surface area (Å²) in [6.07, 6.45) is 0. The highest BCUT2D eigenvalue weighted by molar-refractivity contribution is 5.92. The number of nitrogens with one attached hydrogen (secondary N) is 2. The molecule has 0 heterocycles. The van der Waals surface area contributed by atoms with Crippen LogP contribution in [0.5, 0.6) is 5.75 Å². The molecule has 1 rings (SSSR count). The number of anilines is 1. The van der Waals surface area contributed by atoms with Gasteiger partial charge in [-0.2, -0.15) is 0 Å². The maximum atomic E-state index is 12.0. The molecule has 5 heteroatoms. The van der Waals surface area contributed by atoms with Crippen LogP contribution in [0, 0.1) is 5.92 Å². The van der Waals surface area contributed by atoms with Gasteiger partial charge in [-0.25, -0.2) is 0 Å². The van der Waals surface area contributed by atoms with E-state index in [4.69, 9.17) is 4.74 Å². The molecule has 0 fully saturated rings. The lowest BCUT2D eigenvalue weighted by atomic mass is 10.1. The Kier molecular flexibility index (Phi) is 7.79. The molecule has 0 saturated heterocycles. The van der Waals surface area contributed by atoms with Crippen molar-refractivity contribution in [3.05, 3.63) is 24.3 Å². The molecule has 5 nitrogen and oxygen atoms in total. The molecule has 118 valence electrons. The normalized spacial score (nSPS) is 12.2. The van der Waals surface area contributed by atoms with Crippen molar-refractivity contribution in [2.24, 2.45) is 5.92 Å². The molecule has 1 aromatic rings. The third-order valence-corrected chi connectivity index (χ3v) is 3.08. The molecule has 0 aliphatic rings. The van der Waals surface area contributed by atoms with Crippen LogP contribution in [-0.4, -0.2) is 51.1 Å². The summed E-state index contributed by atoms with van der Waals surface area (Å²) in [5, 5.41) is 6.08. The van der Waals surface area contributed by atoms with Gasteiger partial charge in [-0.05, 0) is 44.9 Å². The number of amides is 1. The van der Waals surface area contributed by atoms with Crippen molar-refractivity contribution in [2.75, 3.05) is 45.7 Å². The van der Waals surface area contributed by atoms with E-state index in [1.165, 1.54) is 0 Å². The van der Waals surface area contributed by atoms with Crippen LogP contribution in [0.2, 0.25) is 0 Å². The van der Waals surface area contributed by atoms with Crippen molar-refractivity contribution in [3.8, 4) is 5.75 Å². The zero-order chi connectivity index (χ0) is 15.7. The number of nitrogens with zero attached hydrogens (tertiary/aromatic N) is 1. The van der Waals surface area contributed by atoms with Gasteiger partial charge in [0.25, 0.3) is 0 Å². The maximum absolute atomic E-state index is 12.0. The molecular formula is C16H27N3O2. The fraction of sp³-hybridized carbons (Fsp3) is 0.562. The summed E-state index contributed by atoms with van der Waals surface area (Å²) < 4.78 is 5.61. The van der Waals surface area contributed by atoms with Crippen LogP contribution in [0.4, 0.5) is 5.69 Å². The van der Waals surface area contributed by atoms with Crippen molar-refractivity contribution < 1.29 is 9.53 Å². The number of hydrogen-bond acceptors (Lipinski definition) is 4. The molecule has 0 saturated carbocycles. The van der Waals surface area contributed by atoms with E-state index in [2.05, 4.69) is 15.5 Å². The van der Waals surface area contributed by atoms with Gasteiger partial charge in [0.15, 0.2) is 0 Å². The third-order valence-electron chi connectivity index (χ3n) is 3.08. The van der Waals surface area contributed by atoms with Gasteiger partial charge in [0.1, 0.15) is 12.4 Å². The zero-order valence-electron chi connectivity index (χ0n) is 13.5. The highest BCUT2D eigenvalue weighted by Crippen LogP contribution is 2.16. The van der Waals surface area contributed by atoms with Crippen LogP contribution < -0.4 is 15.4 Å². The topological polar surface area (TPSA) is 53.6 Å². The highest BCUT2D eigenvalue weighted by Gasteiger charge is 2.12. The predicted octanol–water partition coefficient (Wildman–Crippen LogP) is 1.81. The average Bonchev–Trinajstić information content (AvgIpc) is 2.46. The Hall–Kier alpha value is -1.59. The van der Waals surface area contributed by atoms with E-state index in [0.717, 1.165) is 24.5 Å². The van der Waals surface area contributed by atoms with E-state index in [1.807, 2.05) is 52.2 Å². The van der Waals surface area contributed by atoms with Gasteiger partial charge in [-0.15, -0.1) is 0 Å². The molecule has 1 amide bonds. The van der Waals surface area contributed by atoms with Crippen LogP contribution in [0.25, 0.3) is 0 Å². The molecule has 0 spiro atoms.